The maximum absolute atomic E-state index is 12.4. The van der Waals surface area contributed by atoms with Crippen molar-refractivity contribution in [1.82, 2.24) is 15.2 Å². The van der Waals surface area contributed by atoms with Gasteiger partial charge in [0.25, 0.3) is 5.91 Å². The van der Waals surface area contributed by atoms with Gasteiger partial charge < -0.3 is 19.9 Å². The molecule has 1 saturated heterocycles. The summed E-state index contributed by atoms with van der Waals surface area (Å²) in [7, 11) is 3.76. The van der Waals surface area contributed by atoms with Crippen LogP contribution in [0.1, 0.15) is 15.9 Å². The van der Waals surface area contributed by atoms with Crippen LogP contribution in [0.25, 0.3) is 0 Å². The van der Waals surface area contributed by atoms with Gasteiger partial charge in [-0.2, -0.15) is 0 Å². The van der Waals surface area contributed by atoms with Crippen molar-refractivity contribution in [2.75, 3.05) is 45.2 Å². The van der Waals surface area contributed by atoms with Crippen LogP contribution in [0.15, 0.2) is 42.7 Å². The number of anilines is 1. The fourth-order valence-electron chi connectivity index (χ4n) is 2.82. The average Bonchev–Trinajstić information content (AvgIpc) is 2.67. The number of hydrogen-bond acceptors (Lipinski definition) is 5. The number of pyridine rings is 1. The predicted octanol–water partition coefficient (Wildman–Crippen LogP) is 1.77. The minimum atomic E-state index is -0.112. The van der Waals surface area contributed by atoms with Crippen LogP contribution in [0.3, 0.4) is 0 Å². The number of methoxy groups -OCH3 is 1. The lowest BCUT2D eigenvalue weighted by molar-refractivity contribution is 0.0950. The number of amides is 1. The number of carbonyl (C=O) groups is 1. The Bertz CT molecular complexity index is 710. The summed E-state index contributed by atoms with van der Waals surface area (Å²) in [5, 5.41) is 2.94. The molecule has 1 N–H and O–H groups in total. The van der Waals surface area contributed by atoms with Crippen molar-refractivity contribution in [1.29, 1.82) is 0 Å². The number of carbonyl (C=O) groups excluding carboxylic acids is 1. The maximum atomic E-state index is 12.4. The summed E-state index contributed by atoms with van der Waals surface area (Å²) in [5.41, 5.74) is 2.62. The highest BCUT2D eigenvalue weighted by atomic mass is 16.5. The smallest absolute Gasteiger partial charge is 0.253 e. The molecule has 1 amide bonds. The van der Waals surface area contributed by atoms with E-state index in [0.717, 1.165) is 43.2 Å². The largest absolute Gasteiger partial charge is 0.497 e. The zero-order valence-corrected chi connectivity index (χ0v) is 14.7. The van der Waals surface area contributed by atoms with Gasteiger partial charge in [0.1, 0.15) is 5.75 Å². The van der Waals surface area contributed by atoms with E-state index in [4.69, 9.17) is 4.74 Å². The van der Waals surface area contributed by atoms with E-state index in [2.05, 4.69) is 27.1 Å². The molecule has 1 fully saturated rings. The monoisotopic (exact) mass is 340 g/mol. The van der Waals surface area contributed by atoms with Gasteiger partial charge in [-0.25, -0.2) is 0 Å². The summed E-state index contributed by atoms with van der Waals surface area (Å²) in [6.07, 6.45) is 3.44. The number of nitrogens with one attached hydrogen (secondary N) is 1. The standard InChI is InChI=1S/C19H24N4O2/c1-22-7-9-23(10-8-22)17-11-16(13-20-14-17)19(24)21-12-15-3-5-18(25-2)6-4-15/h3-6,11,13-14H,7-10,12H2,1-2H3,(H,21,24). The molecule has 2 heterocycles. The minimum Gasteiger partial charge on any atom is -0.497 e. The van der Waals surface area contributed by atoms with Crippen molar-refractivity contribution in [2.24, 2.45) is 0 Å². The summed E-state index contributed by atoms with van der Waals surface area (Å²) < 4.78 is 5.14. The number of ether oxygens (including phenoxy) is 1. The van der Waals surface area contributed by atoms with Crippen molar-refractivity contribution >= 4 is 11.6 Å². The number of likely N-dealkylation sites (N-methyl/N-ethyl adjacent to an activating group) is 1. The molecular formula is C19H24N4O2. The summed E-state index contributed by atoms with van der Waals surface area (Å²) in [5.74, 6) is 0.693. The van der Waals surface area contributed by atoms with Crippen LogP contribution < -0.4 is 15.0 Å². The first-order valence-corrected chi connectivity index (χ1v) is 8.45. The van der Waals surface area contributed by atoms with Crippen molar-refractivity contribution in [3.05, 3.63) is 53.9 Å². The molecule has 0 atom stereocenters. The second kappa shape index (κ2) is 7.98. The molecule has 2 aromatic rings. The van der Waals surface area contributed by atoms with Gasteiger partial charge in [0.2, 0.25) is 0 Å². The first kappa shape index (κ1) is 17.2. The lowest BCUT2D eigenvalue weighted by Crippen LogP contribution is -2.44. The molecule has 0 saturated carbocycles. The minimum absolute atomic E-state index is 0.112. The second-order valence-corrected chi connectivity index (χ2v) is 6.25. The highest BCUT2D eigenvalue weighted by Crippen LogP contribution is 2.17. The van der Waals surface area contributed by atoms with Crippen molar-refractivity contribution in [3.63, 3.8) is 0 Å². The quantitative estimate of drug-likeness (QED) is 0.899. The van der Waals surface area contributed by atoms with Crippen LogP contribution in [0.4, 0.5) is 5.69 Å². The Labute approximate surface area is 148 Å². The molecular weight excluding hydrogens is 316 g/mol. The third-order valence-electron chi connectivity index (χ3n) is 4.47. The molecule has 0 aliphatic carbocycles. The highest BCUT2D eigenvalue weighted by Gasteiger charge is 2.16. The normalized spacial score (nSPS) is 15.0. The molecule has 0 bridgehead atoms. The van der Waals surface area contributed by atoms with Gasteiger partial charge in [-0.1, -0.05) is 12.1 Å². The number of piperazine rings is 1. The van der Waals surface area contributed by atoms with E-state index >= 15 is 0 Å². The molecule has 1 aromatic carbocycles. The van der Waals surface area contributed by atoms with Crippen LogP contribution in [-0.2, 0) is 6.54 Å². The zero-order chi connectivity index (χ0) is 17.6. The number of benzene rings is 1. The molecule has 6 nitrogen and oxygen atoms in total. The Kier molecular flexibility index (Phi) is 5.50. The van der Waals surface area contributed by atoms with E-state index in [1.165, 1.54) is 0 Å². The summed E-state index contributed by atoms with van der Waals surface area (Å²) in [4.78, 5) is 21.2. The lowest BCUT2D eigenvalue weighted by atomic mass is 10.2. The third kappa shape index (κ3) is 4.48. The number of aromatic nitrogens is 1. The fraction of sp³-hybridized carbons (Fsp3) is 0.368. The van der Waals surface area contributed by atoms with Crippen LogP contribution in [0, 0.1) is 0 Å². The second-order valence-electron chi connectivity index (χ2n) is 6.25. The Morgan fingerprint density at radius 2 is 1.88 bits per heavy atom. The van der Waals surface area contributed by atoms with E-state index in [-0.39, 0.29) is 5.91 Å². The maximum Gasteiger partial charge on any atom is 0.253 e. The summed E-state index contributed by atoms with van der Waals surface area (Å²) >= 11 is 0. The van der Waals surface area contributed by atoms with Gasteiger partial charge in [0.05, 0.1) is 24.6 Å². The van der Waals surface area contributed by atoms with Crippen LogP contribution in [0.2, 0.25) is 0 Å². The average molecular weight is 340 g/mol. The fourth-order valence-corrected chi connectivity index (χ4v) is 2.82. The Hall–Kier alpha value is -2.60. The molecule has 1 aliphatic heterocycles. The van der Waals surface area contributed by atoms with Gasteiger partial charge in [0, 0.05) is 38.9 Å². The SMILES string of the molecule is COc1ccc(CNC(=O)c2cncc(N3CCN(C)CC3)c2)cc1. The van der Waals surface area contributed by atoms with Gasteiger partial charge >= 0.3 is 0 Å². The molecule has 132 valence electrons. The van der Waals surface area contributed by atoms with Gasteiger partial charge in [0.15, 0.2) is 0 Å². The first-order valence-electron chi connectivity index (χ1n) is 8.45. The first-order chi connectivity index (χ1) is 12.2. The van der Waals surface area contributed by atoms with E-state index < -0.39 is 0 Å². The molecule has 0 radical (unpaired) electrons. The van der Waals surface area contributed by atoms with Gasteiger partial charge in [-0.05, 0) is 30.8 Å². The molecule has 0 spiro atoms. The molecule has 6 heteroatoms. The summed E-state index contributed by atoms with van der Waals surface area (Å²) in [6, 6.07) is 9.58. The Morgan fingerprint density at radius 3 is 2.56 bits per heavy atom. The number of hydrogen-bond donors (Lipinski definition) is 1. The number of rotatable bonds is 5. The Balaban J connectivity index is 1.60. The molecule has 25 heavy (non-hydrogen) atoms. The Morgan fingerprint density at radius 1 is 1.16 bits per heavy atom. The molecule has 0 unspecified atom stereocenters. The van der Waals surface area contributed by atoms with Crippen LogP contribution in [0.5, 0.6) is 5.75 Å². The third-order valence-corrected chi connectivity index (χ3v) is 4.47. The van der Waals surface area contributed by atoms with Gasteiger partial charge in [-0.3, -0.25) is 9.78 Å². The zero-order valence-electron chi connectivity index (χ0n) is 14.7. The summed E-state index contributed by atoms with van der Waals surface area (Å²) in [6.45, 7) is 4.42. The molecule has 1 aliphatic rings. The van der Waals surface area contributed by atoms with E-state index in [9.17, 15) is 4.79 Å². The van der Waals surface area contributed by atoms with Gasteiger partial charge in [-0.15, -0.1) is 0 Å². The van der Waals surface area contributed by atoms with Crippen molar-refractivity contribution in [3.8, 4) is 5.75 Å². The topological polar surface area (TPSA) is 57.7 Å². The van der Waals surface area contributed by atoms with E-state index in [0.29, 0.717) is 12.1 Å². The predicted molar refractivity (Wildman–Crippen MR) is 98.1 cm³/mol. The highest BCUT2D eigenvalue weighted by molar-refractivity contribution is 5.94. The van der Waals surface area contributed by atoms with Crippen molar-refractivity contribution in [2.45, 2.75) is 6.54 Å². The number of nitrogens with zero attached hydrogens (tertiary/aromatic N) is 3. The van der Waals surface area contributed by atoms with Crippen LogP contribution in [-0.4, -0.2) is 56.1 Å². The molecule has 1 aromatic heterocycles. The van der Waals surface area contributed by atoms with Crippen molar-refractivity contribution < 1.29 is 9.53 Å². The lowest BCUT2D eigenvalue weighted by Gasteiger charge is -2.33. The van der Waals surface area contributed by atoms with E-state index in [1.54, 1.807) is 13.3 Å². The molecule has 3 rings (SSSR count). The van der Waals surface area contributed by atoms with Crippen LogP contribution >= 0.6 is 0 Å². The van der Waals surface area contributed by atoms with E-state index in [1.807, 2.05) is 36.5 Å².